The highest BCUT2D eigenvalue weighted by Gasteiger charge is 2.10. The number of halogens is 1. The molecule has 120 valence electrons. The zero-order chi connectivity index (χ0) is 16.9. The van der Waals surface area contributed by atoms with E-state index in [9.17, 15) is 4.39 Å². The van der Waals surface area contributed by atoms with Crippen molar-refractivity contribution < 1.29 is 8.81 Å². The van der Waals surface area contributed by atoms with Gasteiger partial charge in [-0.25, -0.2) is 9.37 Å². The van der Waals surface area contributed by atoms with Crippen molar-refractivity contribution in [2.75, 3.05) is 16.3 Å². The first-order chi connectivity index (χ1) is 11.7. The molecule has 24 heavy (non-hydrogen) atoms. The summed E-state index contributed by atoms with van der Waals surface area (Å²) < 4.78 is 22.4. The summed E-state index contributed by atoms with van der Waals surface area (Å²) in [7, 11) is 0. The van der Waals surface area contributed by atoms with Crippen molar-refractivity contribution in [1.82, 2.24) is 4.98 Å². The average molecular weight is 340 g/mol. The molecule has 0 fully saturated rings. The number of benzene rings is 2. The van der Waals surface area contributed by atoms with Gasteiger partial charge in [0.2, 0.25) is 0 Å². The predicted octanol–water partition coefficient (Wildman–Crippen LogP) is 4.79. The molecule has 0 bridgehead atoms. The standard InChI is InChI=1S/C17H13FN4OS/c1-24-22-14-4-2-3-13(8-14)21-17-20-10-16(23-17)11-5-6-12(9-19)15(18)7-11/h2-8,10,22H,1H3,(H,20,21). The van der Waals surface area contributed by atoms with Gasteiger partial charge < -0.3 is 14.5 Å². The van der Waals surface area contributed by atoms with Gasteiger partial charge in [-0.3, -0.25) is 0 Å². The van der Waals surface area contributed by atoms with Gasteiger partial charge in [0.1, 0.15) is 11.9 Å². The SMILES string of the molecule is CSNc1cccc(Nc2ncc(-c3ccc(C#N)c(F)c3)o2)c1. The van der Waals surface area contributed by atoms with Gasteiger partial charge in [-0.2, -0.15) is 5.26 Å². The van der Waals surface area contributed by atoms with E-state index in [0.717, 1.165) is 11.4 Å². The van der Waals surface area contributed by atoms with Crippen molar-refractivity contribution in [2.45, 2.75) is 0 Å². The maximum absolute atomic E-state index is 13.7. The Morgan fingerprint density at radius 1 is 1.21 bits per heavy atom. The molecular weight excluding hydrogens is 327 g/mol. The lowest BCUT2D eigenvalue weighted by Crippen LogP contribution is -1.91. The molecule has 0 saturated heterocycles. The van der Waals surface area contributed by atoms with E-state index in [2.05, 4.69) is 15.0 Å². The molecule has 5 nitrogen and oxygen atoms in total. The summed E-state index contributed by atoms with van der Waals surface area (Å²) in [6.07, 6.45) is 3.45. The Bertz CT molecular complexity index is 904. The largest absolute Gasteiger partial charge is 0.423 e. The molecule has 0 aliphatic carbocycles. The Labute approximate surface area is 142 Å². The second kappa shape index (κ2) is 7.06. The fourth-order valence-electron chi connectivity index (χ4n) is 2.13. The van der Waals surface area contributed by atoms with E-state index >= 15 is 0 Å². The summed E-state index contributed by atoms with van der Waals surface area (Å²) in [5.41, 5.74) is 2.28. The van der Waals surface area contributed by atoms with Crippen molar-refractivity contribution >= 4 is 29.3 Å². The zero-order valence-corrected chi connectivity index (χ0v) is 13.5. The van der Waals surface area contributed by atoms with Crippen LogP contribution >= 0.6 is 11.9 Å². The van der Waals surface area contributed by atoms with Crippen LogP contribution in [0, 0.1) is 17.1 Å². The Kier molecular flexibility index (Phi) is 4.68. The maximum Gasteiger partial charge on any atom is 0.299 e. The molecule has 1 aromatic heterocycles. The van der Waals surface area contributed by atoms with Crippen LogP contribution in [0.25, 0.3) is 11.3 Å². The summed E-state index contributed by atoms with van der Waals surface area (Å²) in [5.74, 6) is -0.170. The Hall–Kier alpha value is -2.98. The number of oxazole rings is 1. The number of aromatic nitrogens is 1. The first-order valence-corrected chi connectivity index (χ1v) is 8.24. The van der Waals surface area contributed by atoms with E-state index < -0.39 is 5.82 Å². The molecule has 0 amide bonds. The van der Waals surface area contributed by atoms with Gasteiger partial charge in [-0.05, 0) is 36.4 Å². The molecule has 3 aromatic rings. The third kappa shape index (κ3) is 3.50. The van der Waals surface area contributed by atoms with Gasteiger partial charge in [0.15, 0.2) is 5.76 Å². The quantitative estimate of drug-likeness (QED) is 0.651. The molecule has 0 radical (unpaired) electrons. The van der Waals surface area contributed by atoms with Crippen molar-refractivity contribution in [2.24, 2.45) is 0 Å². The van der Waals surface area contributed by atoms with E-state index in [1.54, 1.807) is 12.1 Å². The van der Waals surface area contributed by atoms with Gasteiger partial charge in [-0.15, -0.1) is 0 Å². The molecule has 0 saturated carbocycles. The maximum atomic E-state index is 13.7. The predicted molar refractivity (Wildman–Crippen MR) is 93.5 cm³/mol. The summed E-state index contributed by atoms with van der Waals surface area (Å²) in [5, 5.41) is 11.8. The second-order valence-corrected chi connectivity index (χ2v) is 5.46. The molecule has 7 heteroatoms. The highest BCUT2D eigenvalue weighted by Crippen LogP contribution is 2.27. The highest BCUT2D eigenvalue weighted by molar-refractivity contribution is 7.99. The zero-order valence-electron chi connectivity index (χ0n) is 12.7. The number of hydrogen-bond donors (Lipinski definition) is 2. The molecule has 3 rings (SSSR count). The summed E-state index contributed by atoms with van der Waals surface area (Å²) in [4.78, 5) is 4.14. The Morgan fingerprint density at radius 3 is 2.79 bits per heavy atom. The van der Waals surface area contributed by atoms with Crippen LogP contribution in [0.4, 0.5) is 21.8 Å². The Morgan fingerprint density at radius 2 is 2.04 bits per heavy atom. The van der Waals surface area contributed by atoms with Gasteiger partial charge in [0, 0.05) is 23.2 Å². The number of anilines is 3. The molecule has 1 heterocycles. The minimum absolute atomic E-state index is 0.00489. The first kappa shape index (κ1) is 15.9. The van der Waals surface area contributed by atoms with E-state index in [1.165, 1.54) is 30.3 Å². The normalized spacial score (nSPS) is 10.2. The lowest BCUT2D eigenvalue weighted by Gasteiger charge is -2.05. The molecular formula is C17H13FN4OS. The molecule has 2 aromatic carbocycles. The highest BCUT2D eigenvalue weighted by atomic mass is 32.2. The number of hydrogen-bond acceptors (Lipinski definition) is 6. The monoisotopic (exact) mass is 340 g/mol. The Balaban J connectivity index is 1.80. The van der Waals surface area contributed by atoms with Crippen LogP contribution < -0.4 is 10.0 Å². The molecule has 0 spiro atoms. The van der Waals surface area contributed by atoms with Crippen molar-refractivity contribution in [3.05, 3.63) is 60.0 Å². The molecule has 0 aliphatic rings. The fourth-order valence-corrected chi connectivity index (χ4v) is 2.49. The van der Waals surface area contributed by atoms with Gasteiger partial charge >= 0.3 is 0 Å². The van der Waals surface area contributed by atoms with Crippen LogP contribution in [-0.4, -0.2) is 11.2 Å². The summed E-state index contributed by atoms with van der Waals surface area (Å²) in [6, 6.07) is 14.0. The van der Waals surface area contributed by atoms with Crippen LogP contribution in [0.2, 0.25) is 0 Å². The average Bonchev–Trinajstić information content (AvgIpc) is 3.04. The van der Waals surface area contributed by atoms with Gasteiger partial charge in [-0.1, -0.05) is 18.0 Å². The lowest BCUT2D eigenvalue weighted by atomic mass is 10.1. The van der Waals surface area contributed by atoms with E-state index in [1.807, 2.05) is 30.5 Å². The van der Waals surface area contributed by atoms with Crippen LogP contribution in [0.15, 0.2) is 53.1 Å². The number of nitrogens with zero attached hydrogens (tertiary/aromatic N) is 2. The van der Waals surface area contributed by atoms with Crippen LogP contribution in [0.3, 0.4) is 0 Å². The molecule has 0 aliphatic heterocycles. The minimum Gasteiger partial charge on any atom is -0.423 e. The van der Waals surface area contributed by atoms with Crippen LogP contribution in [0.1, 0.15) is 5.56 Å². The van der Waals surface area contributed by atoms with Crippen molar-refractivity contribution in [3.8, 4) is 17.4 Å². The first-order valence-electron chi connectivity index (χ1n) is 7.01. The number of nitriles is 1. The third-order valence-corrected chi connectivity index (χ3v) is 3.65. The molecule has 2 N–H and O–H groups in total. The second-order valence-electron chi connectivity index (χ2n) is 4.85. The van der Waals surface area contributed by atoms with E-state index in [4.69, 9.17) is 9.68 Å². The number of nitrogens with one attached hydrogen (secondary N) is 2. The molecule has 0 atom stereocenters. The summed E-state index contributed by atoms with van der Waals surface area (Å²) >= 11 is 1.50. The van der Waals surface area contributed by atoms with Crippen LogP contribution in [0.5, 0.6) is 0 Å². The van der Waals surface area contributed by atoms with Crippen LogP contribution in [-0.2, 0) is 0 Å². The van der Waals surface area contributed by atoms with Crippen molar-refractivity contribution in [3.63, 3.8) is 0 Å². The fraction of sp³-hybridized carbons (Fsp3) is 0.0588. The third-order valence-electron chi connectivity index (χ3n) is 3.21. The topological polar surface area (TPSA) is 73.9 Å². The van der Waals surface area contributed by atoms with Crippen molar-refractivity contribution in [1.29, 1.82) is 5.26 Å². The van der Waals surface area contributed by atoms with Gasteiger partial charge in [0.05, 0.1) is 11.8 Å². The molecule has 0 unspecified atom stereocenters. The van der Waals surface area contributed by atoms with Gasteiger partial charge in [0.25, 0.3) is 6.01 Å². The minimum atomic E-state index is -0.586. The number of rotatable bonds is 5. The summed E-state index contributed by atoms with van der Waals surface area (Å²) in [6.45, 7) is 0. The smallest absolute Gasteiger partial charge is 0.299 e. The lowest BCUT2D eigenvalue weighted by molar-refractivity contribution is 0.589. The van der Waals surface area contributed by atoms with E-state index in [0.29, 0.717) is 17.3 Å². The van der Waals surface area contributed by atoms with E-state index in [-0.39, 0.29) is 5.56 Å².